The lowest BCUT2D eigenvalue weighted by molar-refractivity contribution is -0.136. The third-order valence-electron chi connectivity index (χ3n) is 4.27. The van der Waals surface area contributed by atoms with E-state index in [9.17, 15) is 14.4 Å². The zero-order valence-corrected chi connectivity index (χ0v) is 18.2. The van der Waals surface area contributed by atoms with Crippen molar-refractivity contribution in [2.75, 3.05) is 11.9 Å². The van der Waals surface area contributed by atoms with E-state index in [1.807, 2.05) is 30.3 Å². The average molecular weight is 465 g/mol. The van der Waals surface area contributed by atoms with Crippen LogP contribution in [0.15, 0.2) is 84.0 Å². The summed E-state index contributed by atoms with van der Waals surface area (Å²) in [4.78, 5) is 35.8. The molecule has 0 aliphatic carbocycles. The molecule has 3 amide bonds. The summed E-state index contributed by atoms with van der Waals surface area (Å²) in [6.07, 6.45) is 1.35. The minimum Gasteiger partial charge on any atom is -0.484 e. The number of carbonyl (C=O) groups excluding carboxylic acids is 3. The second-order valence-corrected chi connectivity index (χ2v) is 7.16. The molecule has 0 unspecified atom stereocenters. The lowest BCUT2D eigenvalue weighted by Crippen LogP contribution is -2.32. The first-order valence-electron chi connectivity index (χ1n) is 9.93. The van der Waals surface area contributed by atoms with Crippen LogP contribution in [0, 0.1) is 0 Å². The Morgan fingerprint density at radius 2 is 1.67 bits per heavy atom. The molecule has 3 aromatic rings. The number of hydrazone groups is 1. The fraction of sp³-hybridized carbons (Fsp3) is 0.0833. The molecule has 0 aliphatic heterocycles. The van der Waals surface area contributed by atoms with Gasteiger partial charge in [-0.25, -0.2) is 5.43 Å². The normalized spacial score (nSPS) is 10.5. The number of benzene rings is 3. The molecule has 8 nitrogen and oxygen atoms in total. The van der Waals surface area contributed by atoms with E-state index < -0.39 is 11.8 Å². The third-order valence-corrected chi connectivity index (χ3v) is 4.60. The molecule has 0 aliphatic rings. The quantitative estimate of drug-likeness (QED) is 0.270. The zero-order valence-electron chi connectivity index (χ0n) is 17.5. The van der Waals surface area contributed by atoms with Crippen molar-refractivity contribution in [3.63, 3.8) is 0 Å². The van der Waals surface area contributed by atoms with Crippen molar-refractivity contribution in [3.05, 3.63) is 95.0 Å². The number of halogens is 1. The summed E-state index contributed by atoms with van der Waals surface area (Å²) in [6, 6.07) is 22.9. The molecule has 3 N–H and O–H groups in total. The van der Waals surface area contributed by atoms with Crippen LogP contribution >= 0.6 is 11.6 Å². The van der Waals surface area contributed by atoms with E-state index in [2.05, 4.69) is 21.2 Å². The standard InChI is InChI=1S/C24H21ClN4O4/c25-20-11-4-5-12-21(20)28-23(31)24(32)29-27-15-18-9-6-10-19(13-18)33-16-22(30)26-14-17-7-2-1-3-8-17/h1-13,15H,14,16H2,(H,26,30)(H,28,31)(H,29,32)/b27-15-. The molecule has 3 rings (SSSR count). The number of hydrogen-bond donors (Lipinski definition) is 3. The van der Waals surface area contributed by atoms with Crippen LogP contribution in [0.25, 0.3) is 0 Å². The van der Waals surface area contributed by atoms with Gasteiger partial charge in [0.05, 0.1) is 16.9 Å². The number of hydrogen-bond acceptors (Lipinski definition) is 5. The van der Waals surface area contributed by atoms with E-state index in [-0.39, 0.29) is 12.5 Å². The van der Waals surface area contributed by atoms with Gasteiger partial charge in [0.25, 0.3) is 5.91 Å². The van der Waals surface area contributed by atoms with Crippen molar-refractivity contribution < 1.29 is 19.1 Å². The molecule has 0 atom stereocenters. The number of para-hydroxylation sites is 1. The summed E-state index contributed by atoms with van der Waals surface area (Å²) in [5.74, 6) is -1.65. The Hall–Kier alpha value is -4.17. The van der Waals surface area contributed by atoms with E-state index in [1.165, 1.54) is 6.21 Å². The van der Waals surface area contributed by atoms with E-state index in [0.717, 1.165) is 5.56 Å². The van der Waals surface area contributed by atoms with Crippen LogP contribution < -0.4 is 20.8 Å². The van der Waals surface area contributed by atoms with Gasteiger partial charge in [-0.05, 0) is 35.4 Å². The molecule has 3 aromatic carbocycles. The molecular formula is C24H21ClN4O4. The van der Waals surface area contributed by atoms with Gasteiger partial charge in [-0.3, -0.25) is 14.4 Å². The second kappa shape index (κ2) is 12.0. The Kier molecular flexibility index (Phi) is 8.55. The Balaban J connectivity index is 1.45. The molecule has 0 saturated heterocycles. The number of amides is 3. The molecule has 0 fully saturated rings. The van der Waals surface area contributed by atoms with Gasteiger partial charge in [-0.2, -0.15) is 5.10 Å². The highest BCUT2D eigenvalue weighted by Crippen LogP contribution is 2.20. The second-order valence-electron chi connectivity index (χ2n) is 6.76. The molecule has 168 valence electrons. The fourth-order valence-corrected chi connectivity index (χ4v) is 2.82. The third kappa shape index (κ3) is 7.79. The fourth-order valence-electron chi connectivity index (χ4n) is 2.64. The van der Waals surface area contributed by atoms with Crippen LogP contribution in [0.3, 0.4) is 0 Å². The number of rotatable bonds is 8. The summed E-state index contributed by atoms with van der Waals surface area (Å²) >= 11 is 5.95. The van der Waals surface area contributed by atoms with Gasteiger partial charge >= 0.3 is 11.8 Å². The van der Waals surface area contributed by atoms with E-state index in [1.54, 1.807) is 48.5 Å². The molecule has 0 saturated carbocycles. The number of anilines is 1. The highest BCUT2D eigenvalue weighted by Gasteiger charge is 2.14. The molecule has 9 heteroatoms. The lowest BCUT2D eigenvalue weighted by Gasteiger charge is -2.08. The first-order valence-corrected chi connectivity index (χ1v) is 10.3. The summed E-state index contributed by atoms with van der Waals surface area (Å²) in [5.41, 5.74) is 4.06. The van der Waals surface area contributed by atoms with Crippen LogP contribution in [0.5, 0.6) is 5.75 Å². The van der Waals surface area contributed by atoms with Crippen molar-refractivity contribution in [1.29, 1.82) is 0 Å². The number of ether oxygens (including phenoxy) is 1. The van der Waals surface area contributed by atoms with Crippen LogP contribution in [0.2, 0.25) is 5.02 Å². The van der Waals surface area contributed by atoms with Gasteiger partial charge in [0, 0.05) is 6.54 Å². The molecular weight excluding hydrogens is 444 g/mol. The minimum absolute atomic E-state index is 0.146. The van der Waals surface area contributed by atoms with Crippen LogP contribution in [-0.2, 0) is 20.9 Å². The van der Waals surface area contributed by atoms with Crippen molar-refractivity contribution in [1.82, 2.24) is 10.7 Å². The Morgan fingerprint density at radius 1 is 0.909 bits per heavy atom. The summed E-state index contributed by atoms with van der Waals surface area (Å²) in [7, 11) is 0. The van der Waals surface area contributed by atoms with Gasteiger partial charge in [-0.15, -0.1) is 0 Å². The minimum atomic E-state index is -0.950. The SMILES string of the molecule is O=C(COc1cccc(/C=N\NC(=O)C(=O)Nc2ccccc2Cl)c1)NCc1ccccc1. The number of nitrogens with zero attached hydrogens (tertiary/aromatic N) is 1. The largest absolute Gasteiger partial charge is 0.484 e. The van der Waals surface area contributed by atoms with Crippen molar-refractivity contribution in [2.24, 2.45) is 5.10 Å². The highest BCUT2D eigenvalue weighted by atomic mass is 35.5. The maximum atomic E-state index is 12.0. The predicted octanol–water partition coefficient (Wildman–Crippen LogP) is 3.12. The molecule has 0 aromatic heterocycles. The Bertz CT molecular complexity index is 1150. The van der Waals surface area contributed by atoms with Crippen LogP contribution in [-0.4, -0.2) is 30.5 Å². The smallest absolute Gasteiger partial charge is 0.329 e. The first-order chi connectivity index (χ1) is 16.0. The summed E-state index contributed by atoms with van der Waals surface area (Å²) in [6.45, 7) is 0.270. The van der Waals surface area contributed by atoms with Gasteiger partial charge in [-0.1, -0.05) is 66.2 Å². The zero-order chi connectivity index (χ0) is 23.5. The Labute approximate surface area is 195 Å². The van der Waals surface area contributed by atoms with Crippen LogP contribution in [0.1, 0.15) is 11.1 Å². The van der Waals surface area contributed by atoms with Gasteiger partial charge in [0.1, 0.15) is 5.75 Å². The van der Waals surface area contributed by atoms with Crippen molar-refractivity contribution in [2.45, 2.75) is 6.54 Å². The monoisotopic (exact) mass is 464 g/mol. The average Bonchev–Trinajstić information content (AvgIpc) is 2.83. The van der Waals surface area contributed by atoms with Gasteiger partial charge < -0.3 is 15.4 Å². The highest BCUT2D eigenvalue weighted by molar-refractivity contribution is 6.41. The molecule has 0 radical (unpaired) electrons. The maximum absolute atomic E-state index is 12.0. The van der Waals surface area contributed by atoms with E-state index in [4.69, 9.17) is 16.3 Å². The first kappa shape index (κ1) is 23.5. The van der Waals surface area contributed by atoms with Crippen LogP contribution in [0.4, 0.5) is 5.69 Å². The molecule has 0 spiro atoms. The topological polar surface area (TPSA) is 109 Å². The Morgan fingerprint density at radius 3 is 2.45 bits per heavy atom. The molecule has 0 bridgehead atoms. The maximum Gasteiger partial charge on any atom is 0.329 e. The lowest BCUT2D eigenvalue weighted by atomic mass is 10.2. The predicted molar refractivity (Wildman–Crippen MR) is 126 cm³/mol. The number of carbonyl (C=O) groups is 3. The van der Waals surface area contributed by atoms with Crippen molar-refractivity contribution >= 4 is 41.2 Å². The van der Waals surface area contributed by atoms with Gasteiger partial charge in [0.2, 0.25) is 0 Å². The number of nitrogens with one attached hydrogen (secondary N) is 3. The van der Waals surface area contributed by atoms with E-state index >= 15 is 0 Å². The van der Waals surface area contributed by atoms with Gasteiger partial charge in [0.15, 0.2) is 6.61 Å². The van der Waals surface area contributed by atoms with E-state index in [0.29, 0.717) is 28.6 Å². The summed E-state index contributed by atoms with van der Waals surface area (Å²) in [5, 5.41) is 9.26. The molecule has 33 heavy (non-hydrogen) atoms. The summed E-state index contributed by atoms with van der Waals surface area (Å²) < 4.78 is 5.50. The van der Waals surface area contributed by atoms with Crippen molar-refractivity contribution in [3.8, 4) is 5.75 Å². The molecule has 0 heterocycles.